The van der Waals surface area contributed by atoms with Gasteiger partial charge in [-0.2, -0.15) is 0 Å². The third kappa shape index (κ3) is 5.64. The standard InChI is InChI=1S/C15H19NO5/c1-2-3-4-10-5-7-11(8-6-10)14(19)16-12(15(20)21)9-13(17)18/h5-8,12H,2-4,9H2,1H3,(H,16,19)(H,17,18)(H,20,21). The largest absolute Gasteiger partial charge is 0.481 e. The number of nitrogens with one attached hydrogen (secondary N) is 1. The van der Waals surface area contributed by atoms with E-state index < -0.39 is 30.3 Å². The van der Waals surface area contributed by atoms with Gasteiger partial charge in [0.15, 0.2) is 0 Å². The summed E-state index contributed by atoms with van der Waals surface area (Å²) in [6.45, 7) is 2.09. The predicted octanol–water partition coefficient (Wildman–Crippen LogP) is 1.69. The smallest absolute Gasteiger partial charge is 0.326 e. The van der Waals surface area contributed by atoms with E-state index in [1.165, 1.54) is 0 Å². The number of amides is 1. The maximum absolute atomic E-state index is 11.9. The fourth-order valence-corrected chi connectivity index (χ4v) is 1.82. The summed E-state index contributed by atoms with van der Waals surface area (Å²) in [5.41, 5.74) is 1.42. The molecule has 0 spiro atoms. The van der Waals surface area contributed by atoms with E-state index in [1.54, 1.807) is 12.1 Å². The average molecular weight is 293 g/mol. The SMILES string of the molecule is CCCCc1ccc(C(=O)NC(CC(=O)O)C(=O)O)cc1. The second kappa shape index (κ2) is 8.04. The molecule has 0 bridgehead atoms. The van der Waals surface area contributed by atoms with Crippen LogP contribution in [-0.4, -0.2) is 34.1 Å². The molecule has 1 atom stereocenters. The van der Waals surface area contributed by atoms with Crippen molar-refractivity contribution in [3.8, 4) is 0 Å². The second-order valence-corrected chi connectivity index (χ2v) is 4.76. The monoisotopic (exact) mass is 293 g/mol. The van der Waals surface area contributed by atoms with Crippen LogP contribution in [-0.2, 0) is 16.0 Å². The van der Waals surface area contributed by atoms with Gasteiger partial charge in [-0.3, -0.25) is 9.59 Å². The fraction of sp³-hybridized carbons (Fsp3) is 0.400. The van der Waals surface area contributed by atoms with E-state index in [0.717, 1.165) is 24.8 Å². The minimum Gasteiger partial charge on any atom is -0.481 e. The van der Waals surface area contributed by atoms with Crippen LogP contribution in [0.1, 0.15) is 42.1 Å². The van der Waals surface area contributed by atoms with Gasteiger partial charge in [0.05, 0.1) is 6.42 Å². The molecule has 0 saturated carbocycles. The Morgan fingerprint density at radius 2 is 1.76 bits per heavy atom. The molecule has 1 amide bonds. The minimum atomic E-state index is -1.44. The molecule has 0 aromatic heterocycles. The molecule has 114 valence electrons. The second-order valence-electron chi connectivity index (χ2n) is 4.76. The van der Waals surface area contributed by atoms with E-state index in [9.17, 15) is 14.4 Å². The van der Waals surface area contributed by atoms with Gasteiger partial charge in [-0.25, -0.2) is 4.79 Å². The van der Waals surface area contributed by atoms with E-state index in [1.807, 2.05) is 12.1 Å². The lowest BCUT2D eigenvalue weighted by Gasteiger charge is -2.12. The molecule has 0 saturated heterocycles. The number of carbonyl (C=O) groups excluding carboxylic acids is 1. The lowest BCUT2D eigenvalue weighted by Crippen LogP contribution is -2.42. The average Bonchev–Trinajstić information content (AvgIpc) is 2.44. The number of carbonyl (C=O) groups is 3. The Labute approximate surface area is 122 Å². The Hall–Kier alpha value is -2.37. The molecule has 1 unspecified atom stereocenters. The Bertz CT molecular complexity index is 509. The van der Waals surface area contributed by atoms with Crippen LogP contribution in [0, 0.1) is 0 Å². The summed E-state index contributed by atoms with van der Waals surface area (Å²) < 4.78 is 0. The van der Waals surface area contributed by atoms with E-state index in [-0.39, 0.29) is 0 Å². The van der Waals surface area contributed by atoms with Gasteiger partial charge in [-0.05, 0) is 30.5 Å². The molecule has 0 fully saturated rings. The number of rotatable bonds is 8. The van der Waals surface area contributed by atoms with Crippen molar-refractivity contribution >= 4 is 17.8 Å². The number of aryl methyl sites for hydroxylation is 1. The molecule has 6 heteroatoms. The van der Waals surface area contributed by atoms with Crippen LogP contribution in [0.15, 0.2) is 24.3 Å². The fourth-order valence-electron chi connectivity index (χ4n) is 1.82. The zero-order valence-corrected chi connectivity index (χ0v) is 11.8. The number of carboxylic acid groups (broad SMARTS) is 2. The zero-order valence-electron chi connectivity index (χ0n) is 11.8. The van der Waals surface area contributed by atoms with Gasteiger partial charge in [-0.15, -0.1) is 0 Å². The molecule has 0 aliphatic rings. The van der Waals surface area contributed by atoms with Gasteiger partial charge >= 0.3 is 11.9 Å². The maximum Gasteiger partial charge on any atom is 0.326 e. The van der Waals surface area contributed by atoms with Crippen molar-refractivity contribution in [3.05, 3.63) is 35.4 Å². The maximum atomic E-state index is 11.9. The Morgan fingerprint density at radius 1 is 1.14 bits per heavy atom. The third-order valence-corrected chi connectivity index (χ3v) is 3.02. The first kappa shape index (κ1) is 16.7. The Balaban J connectivity index is 2.69. The molecule has 3 N–H and O–H groups in total. The van der Waals surface area contributed by atoms with Crippen LogP contribution in [0.2, 0.25) is 0 Å². The van der Waals surface area contributed by atoms with Gasteiger partial charge in [0.1, 0.15) is 6.04 Å². The predicted molar refractivity (Wildman–Crippen MR) is 76.2 cm³/mol. The molecule has 0 aliphatic carbocycles. The van der Waals surface area contributed by atoms with Crippen LogP contribution in [0.25, 0.3) is 0 Å². The molecule has 1 aromatic carbocycles. The molecule has 1 aromatic rings. The summed E-state index contributed by atoms with van der Waals surface area (Å²) in [6.07, 6.45) is 2.41. The highest BCUT2D eigenvalue weighted by Gasteiger charge is 2.23. The van der Waals surface area contributed by atoms with Crippen molar-refractivity contribution in [2.75, 3.05) is 0 Å². The number of unbranched alkanes of at least 4 members (excludes halogenated alkanes) is 1. The van der Waals surface area contributed by atoms with Crippen molar-refractivity contribution < 1.29 is 24.6 Å². The summed E-state index contributed by atoms with van der Waals surface area (Å²) >= 11 is 0. The molecule has 21 heavy (non-hydrogen) atoms. The van der Waals surface area contributed by atoms with Crippen molar-refractivity contribution in [2.24, 2.45) is 0 Å². The van der Waals surface area contributed by atoms with E-state index in [0.29, 0.717) is 5.56 Å². The number of benzene rings is 1. The number of carboxylic acids is 2. The highest BCUT2D eigenvalue weighted by molar-refractivity contribution is 5.97. The highest BCUT2D eigenvalue weighted by Crippen LogP contribution is 2.08. The van der Waals surface area contributed by atoms with Crippen molar-refractivity contribution in [1.82, 2.24) is 5.32 Å². The Kier molecular flexibility index (Phi) is 6.39. The van der Waals surface area contributed by atoms with Gasteiger partial charge in [-0.1, -0.05) is 25.5 Å². The quantitative estimate of drug-likeness (QED) is 0.676. The highest BCUT2D eigenvalue weighted by atomic mass is 16.4. The van der Waals surface area contributed by atoms with Crippen LogP contribution in [0.4, 0.5) is 0 Å². The summed E-state index contributed by atoms with van der Waals surface area (Å²) in [5.74, 6) is -3.24. The van der Waals surface area contributed by atoms with E-state index in [2.05, 4.69) is 12.2 Å². The molecule has 1 rings (SSSR count). The van der Waals surface area contributed by atoms with Crippen LogP contribution >= 0.6 is 0 Å². The topological polar surface area (TPSA) is 104 Å². The molecule has 0 radical (unpaired) electrons. The molecule has 0 aliphatic heterocycles. The van der Waals surface area contributed by atoms with Crippen LogP contribution in [0.3, 0.4) is 0 Å². The van der Waals surface area contributed by atoms with Crippen LogP contribution in [0.5, 0.6) is 0 Å². The first-order valence-corrected chi connectivity index (χ1v) is 6.78. The summed E-state index contributed by atoms with van der Waals surface area (Å²) in [7, 11) is 0. The first-order chi connectivity index (χ1) is 9.93. The van der Waals surface area contributed by atoms with Crippen LogP contribution < -0.4 is 5.32 Å². The number of aliphatic carboxylic acids is 2. The van der Waals surface area contributed by atoms with Gasteiger partial charge < -0.3 is 15.5 Å². The first-order valence-electron chi connectivity index (χ1n) is 6.78. The lowest BCUT2D eigenvalue weighted by molar-refractivity contribution is -0.145. The third-order valence-electron chi connectivity index (χ3n) is 3.02. The van der Waals surface area contributed by atoms with Gasteiger partial charge in [0, 0.05) is 5.56 Å². The van der Waals surface area contributed by atoms with Crippen molar-refractivity contribution in [3.63, 3.8) is 0 Å². The van der Waals surface area contributed by atoms with Gasteiger partial charge in [0.25, 0.3) is 5.91 Å². The van der Waals surface area contributed by atoms with Gasteiger partial charge in [0.2, 0.25) is 0 Å². The molecular formula is C15H19NO5. The Morgan fingerprint density at radius 3 is 2.24 bits per heavy atom. The van der Waals surface area contributed by atoms with Crippen molar-refractivity contribution in [1.29, 1.82) is 0 Å². The van der Waals surface area contributed by atoms with Crippen molar-refractivity contribution in [2.45, 2.75) is 38.6 Å². The number of hydrogen-bond acceptors (Lipinski definition) is 3. The zero-order chi connectivity index (χ0) is 15.8. The molecular weight excluding hydrogens is 274 g/mol. The molecule has 6 nitrogen and oxygen atoms in total. The summed E-state index contributed by atoms with van der Waals surface area (Å²) in [6, 6.07) is 5.42. The minimum absolute atomic E-state index is 0.312. The normalized spacial score (nSPS) is 11.7. The lowest BCUT2D eigenvalue weighted by atomic mass is 10.1. The van der Waals surface area contributed by atoms with E-state index in [4.69, 9.17) is 10.2 Å². The molecule has 0 heterocycles. The summed E-state index contributed by atoms with van der Waals surface area (Å²) in [5, 5.41) is 19.7. The number of hydrogen-bond donors (Lipinski definition) is 3. The van der Waals surface area contributed by atoms with E-state index >= 15 is 0 Å². The summed E-state index contributed by atoms with van der Waals surface area (Å²) in [4.78, 5) is 33.4.